The number of pyridine rings is 1. The maximum absolute atomic E-state index is 12.5. The minimum atomic E-state index is -0.762. The quantitative estimate of drug-likeness (QED) is 0.451. The number of nitrogens with one attached hydrogen (secondary N) is 2. The number of aromatic amines is 1. The van der Waals surface area contributed by atoms with E-state index in [1.165, 1.54) is 0 Å². The molecule has 0 atom stereocenters. The number of H-pyrrole nitrogens is 1. The van der Waals surface area contributed by atoms with Gasteiger partial charge < -0.3 is 15.0 Å². The normalized spacial score (nSPS) is 10.7. The molecule has 0 aliphatic carbocycles. The van der Waals surface area contributed by atoms with Crippen LogP contribution in [0, 0.1) is 0 Å². The van der Waals surface area contributed by atoms with E-state index in [1.54, 1.807) is 47.3 Å². The number of carbonyl (C=O) groups is 2. The fourth-order valence-corrected chi connectivity index (χ4v) is 3.31. The van der Waals surface area contributed by atoms with Gasteiger partial charge in [-0.25, -0.2) is 9.48 Å². The van der Waals surface area contributed by atoms with E-state index in [0.717, 1.165) is 11.6 Å². The number of nitrogens with zero attached hydrogens (tertiary/aromatic N) is 2. The first-order valence-electron chi connectivity index (χ1n) is 9.35. The van der Waals surface area contributed by atoms with Crippen molar-refractivity contribution in [2.45, 2.75) is 6.54 Å². The Morgan fingerprint density at radius 3 is 2.71 bits per heavy atom. The van der Waals surface area contributed by atoms with Crippen molar-refractivity contribution in [1.29, 1.82) is 0 Å². The summed E-state index contributed by atoms with van der Waals surface area (Å²) in [6.45, 7) is -0.155. The molecule has 4 aromatic rings. The SMILES string of the molecule is O=C(COC(=O)c1cc(=O)[nH]c2ccccc12)Nc1ccnn1Cc1ccccc1Cl. The summed E-state index contributed by atoms with van der Waals surface area (Å²) < 4.78 is 6.70. The number of para-hydroxylation sites is 1. The molecule has 0 aliphatic heterocycles. The summed E-state index contributed by atoms with van der Waals surface area (Å²) in [5.41, 5.74) is 1.01. The number of amides is 1. The van der Waals surface area contributed by atoms with Gasteiger partial charge in [-0.2, -0.15) is 5.10 Å². The fourth-order valence-electron chi connectivity index (χ4n) is 3.11. The summed E-state index contributed by atoms with van der Waals surface area (Å²) in [6.07, 6.45) is 1.54. The lowest BCUT2D eigenvalue weighted by atomic mass is 10.1. The molecule has 0 bridgehead atoms. The topological polar surface area (TPSA) is 106 Å². The number of benzene rings is 2. The van der Waals surface area contributed by atoms with Crippen LogP contribution >= 0.6 is 11.6 Å². The Morgan fingerprint density at radius 2 is 1.87 bits per heavy atom. The van der Waals surface area contributed by atoms with Crippen LogP contribution in [0.3, 0.4) is 0 Å². The first-order valence-corrected chi connectivity index (χ1v) is 9.73. The molecule has 1 amide bonds. The van der Waals surface area contributed by atoms with E-state index in [1.807, 2.05) is 18.2 Å². The third-order valence-corrected chi connectivity index (χ3v) is 4.94. The van der Waals surface area contributed by atoms with Crippen molar-refractivity contribution in [2.24, 2.45) is 0 Å². The van der Waals surface area contributed by atoms with E-state index in [2.05, 4.69) is 15.4 Å². The van der Waals surface area contributed by atoms with Crippen molar-refractivity contribution >= 4 is 40.2 Å². The number of fused-ring (bicyclic) bond motifs is 1. The second kappa shape index (κ2) is 8.85. The highest BCUT2D eigenvalue weighted by Crippen LogP contribution is 2.18. The van der Waals surface area contributed by atoms with E-state index in [9.17, 15) is 14.4 Å². The monoisotopic (exact) mass is 436 g/mol. The van der Waals surface area contributed by atoms with Gasteiger partial charge in [0.15, 0.2) is 6.61 Å². The van der Waals surface area contributed by atoms with Crippen LogP contribution in [-0.4, -0.2) is 33.2 Å². The lowest BCUT2D eigenvalue weighted by Crippen LogP contribution is -2.23. The van der Waals surface area contributed by atoms with Crippen LogP contribution in [0.4, 0.5) is 5.82 Å². The highest BCUT2D eigenvalue weighted by Gasteiger charge is 2.16. The summed E-state index contributed by atoms with van der Waals surface area (Å²) in [5.74, 6) is -0.868. The molecule has 31 heavy (non-hydrogen) atoms. The number of hydrogen-bond acceptors (Lipinski definition) is 5. The lowest BCUT2D eigenvalue weighted by Gasteiger charge is -2.11. The third kappa shape index (κ3) is 4.65. The van der Waals surface area contributed by atoms with Gasteiger partial charge in [0, 0.05) is 28.1 Å². The molecular formula is C22H17ClN4O4. The number of hydrogen-bond donors (Lipinski definition) is 2. The molecule has 0 spiro atoms. The number of ether oxygens (including phenoxy) is 1. The number of rotatable bonds is 6. The van der Waals surface area contributed by atoms with Crippen LogP contribution < -0.4 is 10.9 Å². The Kier molecular flexibility index (Phi) is 5.81. The number of carbonyl (C=O) groups excluding carboxylic acids is 2. The summed E-state index contributed by atoms with van der Waals surface area (Å²) in [4.78, 5) is 39.3. The van der Waals surface area contributed by atoms with Crippen molar-refractivity contribution < 1.29 is 14.3 Å². The van der Waals surface area contributed by atoms with Crippen LogP contribution in [0.5, 0.6) is 0 Å². The van der Waals surface area contributed by atoms with Gasteiger partial charge >= 0.3 is 5.97 Å². The average molecular weight is 437 g/mol. The Labute approximate surface area is 181 Å². The summed E-state index contributed by atoms with van der Waals surface area (Å²) in [5, 5.41) is 7.97. The van der Waals surface area contributed by atoms with E-state index in [4.69, 9.17) is 16.3 Å². The predicted octanol–water partition coefficient (Wildman–Crippen LogP) is 3.22. The minimum Gasteiger partial charge on any atom is -0.452 e. The van der Waals surface area contributed by atoms with Crippen LogP contribution in [0.1, 0.15) is 15.9 Å². The van der Waals surface area contributed by atoms with Crippen LogP contribution in [0.15, 0.2) is 71.7 Å². The molecule has 0 fully saturated rings. The van der Waals surface area contributed by atoms with Gasteiger partial charge in [0.2, 0.25) is 5.56 Å². The molecule has 156 valence electrons. The summed E-state index contributed by atoms with van der Waals surface area (Å²) in [7, 11) is 0. The van der Waals surface area contributed by atoms with Gasteiger partial charge in [-0.1, -0.05) is 48.0 Å². The molecular weight excluding hydrogens is 420 g/mol. The van der Waals surface area contributed by atoms with Gasteiger partial charge in [0.1, 0.15) is 5.82 Å². The van der Waals surface area contributed by atoms with Crippen molar-refractivity contribution in [1.82, 2.24) is 14.8 Å². The highest BCUT2D eigenvalue weighted by atomic mass is 35.5. The smallest absolute Gasteiger partial charge is 0.339 e. The van der Waals surface area contributed by atoms with Crippen molar-refractivity contribution in [3.63, 3.8) is 0 Å². The third-order valence-electron chi connectivity index (χ3n) is 4.57. The molecule has 4 rings (SSSR count). The molecule has 0 saturated heterocycles. The van der Waals surface area contributed by atoms with Crippen molar-refractivity contribution in [3.05, 3.63) is 93.4 Å². The van der Waals surface area contributed by atoms with E-state index in [-0.39, 0.29) is 5.56 Å². The predicted molar refractivity (Wildman–Crippen MR) is 116 cm³/mol. The summed E-state index contributed by atoms with van der Waals surface area (Å²) >= 11 is 6.18. The molecule has 0 saturated carbocycles. The molecule has 0 radical (unpaired) electrons. The molecule has 2 N–H and O–H groups in total. The van der Waals surface area contributed by atoms with Gasteiger partial charge in [-0.05, 0) is 17.7 Å². The average Bonchev–Trinajstić information content (AvgIpc) is 3.19. The molecule has 0 aliphatic rings. The highest BCUT2D eigenvalue weighted by molar-refractivity contribution is 6.31. The lowest BCUT2D eigenvalue weighted by molar-refractivity contribution is -0.119. The fraction of sp³-hybridized carbons (Fsp3) is 0.0909. The Hall–Kier alpha value is -3.91. The first kappa shape index (κ1) is 20.4. The molecule has 8 nitrogen and oxygen atoms in total. The van der Waals surface area contributed by atoms with E-state index >= 15 is 0 Å². The van der Waals surface area contributed by atoms with Crippen molar-refractivity contribution in [3.8, 4) is 0 Å². The largest absolute Gasteiger partial charge is 0.452 e. The molecule has 2 aromatic carbocycles. The molecule has 2 heterocycles. The second-order valence-electron chi connectivity index (χ2n) is 6.68. The number of halogens is 1. The number of anilines is 1. The Morgan fingerprint density at radius 1 is 1.10 bits per heavy atom. The number of esters is 1. The van der Waals surface area contributed by atoms with Crippen LogP contribution in [0.25, 0.3) is 10.9 Å². The van der Waals surface area contributed by atoms with Gasteiger partial charge in [0.25, 0.3) is 5.91 Å². The van der Waals surface area contributed by atoms with Gasteiger partial charge in [0.05, 0.1) is 18.3 Å². The zero-order chi connectivity index (χ0) is 21.8. The van der Waals surface area contributed by atoms with Crippen LogP contribution in [0.2, 0.25) is 5.02 Å². The standard InChI is InChI=1S/C22H17ClN4O4/c23-17-7-3-1-5-14(17)12-27-19(9-10-24-27)26-21(29)13-31-22(30)16-11-20(28)25-18-8-4-2-6-15(16)18/h1-11H,12-13H2,(H,25,28)(H,26,29). The molecule has 2 aromatic heterocycles. The maximum Gasteiger partial charge on any atom is 0.339 e. The summed E-state index contributed by atoms with van der Waals surface area (Å²) in [6, 6.07) is 17.0. The second-order valence-corrected chi connectivity index (χ2v) is 7.09. The van der Waals surface area contributed by atoms with Gasteiger partial charge in [-0.3, -0.25) is 9.59 Å². The maximum atomic E-state index is 12.5. The zero-order valence-electron chi connectivity index (χ0n) is 16.2. The number of aromatic nitrogens is 3. The zero-order valence-corrected chi connectivity index (χ0v) is 16.9. The Balaban J connectivity index is 1.42. The van der Waals surface area contributed by atoms with Gasteiger partial charge in [-0.15, -0.1) is 0 Å². The van der Waals surface area contributed by atoms with Crippen molar-refractivity contribution in [2.75, 3.05) is 11.9 Å². The minimum absolute atomic E-state index is 0.0934. The van der Waals surface area contributed by atoms with E-state index < -0.39 is 24.0 Å². The van der Waals surface area contributed by atoms with Crippen LogP contribution in [-0.2, 0) is 16.1 Å². The van der Waals surface area contributed by atoms with E-state index in [0.29, 0.717) is 28.3 Å². The molecule has 0 unspecified atom stereocenters. The first-order chi connectivity index (χ1) is 15.0. The molecule has 9 heteroatoms. The Bertz CT molecular complexity index is 1330.